The Kier molecular flexibility index (Phi) is 5.59. The predicted octanol–water partition coefficient (Wildman–Crippen LogP) is 4.04. The van der Waals surface area contributed by atoms with Gasteiger partial charge in [0.05, 0.1) is 0 Å². The molecule has 0 aliphatic carbocycles. The molecule has 0 bridgehead atoms. The molecule has 0 spiro atoms. The van der Waals surface area contributed by atoms with Gasteiger partial charge in [-0.1, -0.05) is 50.2 Å². The molecule has 0 saturated heterocycles. The van der Waals surface area contributed by atoms with Crippen LogP contribution < -0.4 is 10.1 Å². The van der Waals surface area contributed by atoms with Gasteiger partial charge in [-0.3, -0.25) is 4.79 Å². The van der Waals surface area contributed by atoms with Crippen molar-refractivity contribution in [3.63, 3.8) is 0 Å². The van der Waals surface area contributed by atoms with Crippen molar-refractivity contribution in [1.29, 1.82) is 0 Å². The van der Waals surface area contributed by atoms with E-state index < -0.39 is 0 Å². The van der Waals surface area contributed by atoms with Gasteiger partial charge in [-0.15, -0.1) is 0 Å². The molecule has 2 aromatic carbocycles. The highest BCUT2D eigenvalue weighted by atomic mass is 16.5. The number of ether oxygens (including phenoxy) is 1. The van der Waals surface area contributed by atoms with Gasteiger partial charge in [0.2, 0.25) is 0 Å². The first-order valence-corrected chi connectivity index (χ1v) is 7.64. The lowest BCUT2D eigenvalue weighted by molar-refractivity contribution is 0.0930. The van der Waals surface area contributed by atoms with E-state index in [0.717, 1.165) is 5.56 Å². The standard InChI is InChI=1S/C19H23NO2/c1-14(2)15(3)20-19(21)17-10-7-11-18(12-17)22-13-16-8-5-4-6-9-16/h4-12,14-15H,13H2,1-3H3,(H,20,21)/t15-/m0/s1. The maximum absolute atomic E-state index is 12.2. The van der Waals surface area contributed by atoms with Gasteiger partial charge in [-0.05, 0) is 36.6 Å². The minimum absolute atomic E-state index is 0.0636. The topological polar surface area (TPSA) is 38.3 Å². The highest BCUT2D eigenvalue weighted by Gasteiger charge is 2.12. The van der Waals surface area contributed by atoms with Crippen LogP contribution in [0.5, 0.6) is 5.75 Å². The number of carbonyl (C=O) groups is 1. The molecule has 0 fully saturated rings. The average Bonchev–Trinajstić information content (AvgIpc) is 2.54. The monoisotopic (exact) mass is 297 g/mol. The van der Waals surface area contributed by atoms with E-state index in [2.05, 4.69) is 19.2 Å². The van der Waals surface area contributed by atoms with E-state index >= 15 is 0 Å². The highest BCUT2D eigenvalue weighted by molar-refractivity contribution is 5.94. The molecule has 2 aromatic rings. The third-order valence-corrected chi connectivity index (χ3v) is 3.70. The van der Waals surface area contributed by atoms with E-state index in [0.29, 0.717) is 23.8 Å². The number of hydrogen-bond acceptors (Lipinski definition) is 2. The molecule has 0 saturated carbocycles. The Hall–Kier alpha value is -2.29. The molecular formula is C19H23NO2. The van der Waals surface area contributed by atoms with Crippen LogP contribution in [-0.2, 0) is 6.61 Å². The number of amides is 1. The minimum Gasteiger partial charge on any atom is -0.489 e. The second-order valence-corrected chi connectivity index (χ2v) is 5.81. The van der Waals surface area contributed by atoms with Crippen molar-refractivity contribution in [3.8, 4) is 5.75 Å². The summed E-state index contributed by atoms with van der Waals surface area (Å²) in [5.41, 5.74) is 1.73. The third kappa shape index (κ3) is 4.62. The van der Waals surface area contributed by atoms with Gasteiger partial charge in [0.25, 0.3) is 5.91 Å². The van der Waals surface area contributed by atoms with Gasteiger partial charge < -0.3 is 10.1 Å². The third-order valence-electron chi connectivity index (χ3n) is 3.70. The molecule has 0 aromatic heterocycles. The fourth-order valence-electron chi connectivity index (χ4n) is 1.92. The fraction of sp³-hybridized carbons (Fsp3) is 0.316. The molecule has 1 atom stereocenters. The van der Waals surface area contributed by atoms with Gasteiger partial charge in [-0.25, -0.2) is 0 Å². The molecule has 0 aliphatic rings. The van der Waals surface area contributed by atoms with Crippen LogP contribution in [0, 0.1) is 5.92 Å². The first-order chi connectivity index (χ1) is 10.6. The molecule has 2 rings (SSSR count). The van der Waals surface area contributed by atoms with E-state index in [4.69, 9.17) is 4.74 Å². The van der Waals surface area contributed by atoms with Crippen LogP contribution in [0.4, 0.5) is 0 Å². The molecule has 22 heavy (non-hydrogen) atoms. The van der Waals surface area contributed by atoms with Crippen LogP contribution >= 0.6 is 0 Å². The molecule has 0 heterocycles. The summed E-state index contributed by atoms with van der Waals surface area (Å²) in [5, 5.41) is 3.00. The summed E-state index contributed by atoms with van der Waals surface area (Å²) in [5.74, 6) is 1.04. The number of hydrogen-bond donors (Lipinski definition) is 1. The molecule has 0 radical (unpaired) electrons. The summed E-state index contributed by atoms with van der Waals surface area (Å²) in [4.78, 5) is 12.2. The molecule has 0 unspecified atom stereocenters. The van der Waals surface area contributed by atoms with Crippen molar-refractivity contribution >= 4 is 5.91 Å². The van der Waals surface area contributed by atoms with E-state index in [1.54, 1.807) is 12.1 Å². The van der Waals surface area contributed by atoms with E-state index in [9.17, 15) is 4.79 Å². The lowest BCUT2D eigenvalue weighted by Crippen LogP contribution is -2.36. The van der Waals surface area contributed by atoms with Crippen molar-refractivity contribution in [2.24, 2.45) is 5.92 Å². The number of rotatable bonds is 6. The van der Waals surface area contributed by atoms with Crippen LogP contribution in [0.1, 0.15) is 36.7 Å². The van der Waals surface area contributed by atoms with Crippen molar-refractivity contribution in [2.45, 2.75) is 33.4 Å². The first-order valence-electron chi connectivity index (χ1n) is 7.64. The second-order valence-electron chi connectivity index (χ2n) is 5.81. The summed E-state index contributed by atoms with van der Waals surface area (Å²) < 4.78 is 5.76. The maximum Gasteiger partial charge on any atom is 0.251 e. The molecular weight excluding hydrogens is 274 g/mol. The zero-order chi connectivity index (χ0) is 15.9. The van der Waals surface area contributed by atoms with Gasteiger partial charge in [0.1, 0.15) is 12.4 Å². The Morgan fingerprint density at radius 2 is 1.77 bits per heavy atom. The molecule has 3 nitrogen and oxygen atoms in total. The van der Waals surface area contributed by atoms with Crippen LogP contribution in [0.3, 0.4) is 0 Å². The average molecular weight is 297 g/mol. The number of carbonyl (C=O) groups excluding carboxylic acids is 1. The number of nitrogens with one attached hydrogen (secondary N) is 1. The van der Waals surface area contributed by atoms with E-state index in [1.807, 2.05) is 49.4 Å². The fourth-order valence-corrected chi connectivity index (χ4v) is 1.92. The first kappa shape index (κ1) is 16.1. The van der Waals surface area contributed by atoms with Gasteiger partial charge in [-0.2, -0.15) is 0 Å². The quantitative estimate of drug-likeness (QED) is 0.874. The van der Waals surface area contributed by atoms with Crippen LogP contribution in [0.25, 0.3) is 0 Å². The van der Waals surface area contributed by atoms with Crippen molar-refractivity contribution in [2.75, 3.05) is 0 Å². The largest absolute Gasteiger partial charge is 0.489 e. The lowest BCUT2D eigenvalue weighted by atomic mass is 10.1. The van der Waals surface area contributed by atoms with Gasteiger partial charge in [0, 0.05) is 11.6 Å². The number of benzene rings is 2. The second kappa shape index (κ2) is 7.64. The lowest BCUT2D eigenvalue weighted by Gasteiger charge is -2.17. The summed E-state index contributed by atoms with van der Waals surface area (Å²) in [6.07, 6.45) is 0. The minimum atomic E-state index is -0.0636. The van der Waals surface area contributed by atoms with Crippen molar-refractivity contribution in [1.82, 2.24) is 5.32 Å². The van der Waals surface area contributed by atoms with E-state index in [-0.39, 0.29) is 11.9 Å². The summed E-state index contributed by atoms with van der Waals surface area (Å²) in [6, 6.07) is 17.4. The van der Waals surface area contributed by atoms with E-state index in [1.165, 1.54) is 0 Å². The van der Waals surface area contributed by atoms with Crippen LogP contribution in [-0.4, -0.2) is 11.9 Å². The summed E-state index contributed by atoms with van der Waals surface area (Å²) in [6.45, 7) is 6.68. The van der Waals surface area contributed by atoms with Gasteiger partial charge >= 0.3 is 0 Å². The summed E-state index contributed by atoms with van der Waals surface area (Å²) in [7, 11) is 0. The van der Waals surface area contributed by atoms with Gasteiger partial charge in [0.15, 0.2) is 0 Å². The van der Waals surface area contributed by atoms with Crippen LogP contribution in [0.15, 0.2) is 54.6 Å². The SMILES string of the molecule is CC(C)[C@H](C)NC(=O)c1cccc(OCc2ccccc2)c1. The molecule has 3 heteroatoms. The maximum atomic E-state index is 12.2. The zero-order valence-corrected chi connectivity index (χ0v) is 13.4. The zero-order valence-electron chi connectivity index (χ0n) is 13.4. The molecule has 0 aliphatic heterocycles. The Bertz CT molecular complexity index is 608. The Morgan fingerprint density at radius 3 is 2.45 bits per heavy atom. The smallest absolute Gasteiger partial charge is 0.251 e. The Morgan fingerprint density at radius 1 is 1.05 bits per heavy atom. The highest BCUT2D eigenvalue weighted by Crippen LogP contribution is 2.15. The Labute approximate surface area is 132 Å². The molecule has 1 amide bonds. The molecule has 1 N–H and O–H groups in total. The predicted molar refractivity (Wildman–Crippen MR) is 89.0 cm³/mol. The normalized spacial score (nSPS) is 12.0. The van der Waals surface area contributed by atoms with Crippen LogP contribution in [0.2, 0.25) is 0 Å². The summed E-state index contributed by atoms with van der Waals surface area (Å²) >= 11 is 0. The molecule has 116 valence electrons. The van der Waals surface area contributed by atoms with Crippen molar-refractivity contribution < 1.29 is 9.53 Å². The Balaban J connectivity index is 1.99. The van der Waals surface area contributed by atoms with Crippen molar-refractivity contribution in [3.05, 3.63) is 65.7 Å².